The summed E-state index contributed by atoms with van der Waals surface area (Å²) < 4.78 is 14.4. The van der Waals surface area contributed by atoms with Gasteiger partial charge in [-0.3, -0.25) is 4.79 Å². The molecule has 0 radical (unpaired) electrons. The number of carboxylic acid groups (broad SMARTS) is 1. The topological polar surface area (TPSA) is 134 Å². The molecular formula is C30H36BrN6O5+. The number of aliphatic carboxylic acids is 1. The van der Waals surface area contributed by atoms with Gasteiger partial charge in [-0.05, 0) is 81.6 Å². The highest BCUT2D eigenvalue weighted by atomic mass is 79.9. The SMILES string of the molecule is CC(C)(C)OC(=O)NCC1CCN(c2cc(Br)ccc2-c2nnc(-c3ccnc([N+]4=CC(C(=O)O)CCC4)c3)o2)CC1. The quantitative estimate of drug-likeness (QED) is 0.321. The second-order valence-electron chi connectivity index (χ2n) is 11.7. The second-order valence-corrected chi connectivity index (χ2v) is 12.6. The first-order valence-electron chi connectivity index (χ1n) is 14.2. The van der Waals surface area contributed by atoms with Gasteiger partial charge in [0.25, 0.3) is 0 Å². The molecule has 3 aromatic rings. The van der Waals surface area contributed by atoms with Crippen molar-refractivity contribution in [1.29, 1.82) is 0 Å². The van der Waals surface area contributed by atoms with Gasteiger partial charge in [0.2, 0.25) is 11.8 Å². The smallest absolute Gasteiger partial charge is 0.407 e. The fourth-order valence-corrected chi connectivity index (χ4v) is 5.60. The summed E-state index contributed by atoms with van der Waals surface area (Å²) in [5, 5.41) is 21.0. The van der Waals surface area contributed by atoms with Gasteiger partial charge in [-0.2, -0.15) is 0 Å². The Morgan fingerprint density at radius 2 is 1.90 bits per heavy atom. The van der Waals surface area contributed by atoms with E-state index in [1.54, 1.807) is 18.5 Å². The summed E-state index contributed by atoms with van der Waals surface area (Å²) in [5.41, 5.74) is 2.03. The maximum atomic E-state index is 12.1. The Morgan fingerprint density at radius 1 is 1.14 bits per heavy atom. The second kappa shape index (κ2) is 12.6. The molecule has 2 aliphatic heterocycles. The van der Waals surface area contributed by atoms with E-state index in [-0.39, 0.29) is 6.09 Å². The zero-order valence-electron chi connectivity index (χ0n) is 24.0. The van der Waals surface area contributed by atoms with Crippen LogP contribution in [0.5, 0.6) is 0 Å². The number of piperidine rings is 1. The first-order valence-corrected chi connectivity index (χ1v) is 15.0. The van der Waals surface area contributed by atoms with Crippen LogP contribution in [0.1, 0.15) is 46.5 Å². The lowest BCUT2D eigenvalue weighted by molar-refractivity contribution is -0.447. The normalized spacial score (nSPS) is 18.0. The number of benzene rings is 1. The molecular weight excluding hydrogens is 604 g/mol. The predicted molar refractivity (Wildman–Crippen MR) is 161 cm³/mol. The number of nitrogens with zero attached hydrogens (tertiary/aromatic N) is 5. The summed E-state index contributed by atoms with van der Waals surface area (Å²) in [5.74, 6) is 0.428. The fraction of sp³-hybridized carbons (Fsp3) is 0.467. The number of hydrogen-bond acceptors (Lipinski definition) is 8. The monoisotopic (exact) mass is 639 g/mol. The molecule has 4 heterocycles. The highest BCUT2D eigenvalue weighted by Crippen LogP contribution is 2.36. The Bertz CT molecular complexity index is 1470. The lowest BCUT2D eigenvalue weighted by atomic mass is 9.96. The molecule has 1 saturated heterocycles. The fourth-order valence-electron chi connectivity index (χ4n) is 5.25. The molecule has 1 aromatic carbocycles. The van der Waals surface area contributed by atoms with E-state index in [9.17, 15) is 14.7 Å². The predicted octanol–water partition coefficient (Wildman–Crippen LogP) is 5.51. The Morgan fingerprint density at radius 3 is 2.64 bits per heavy atom. The van der Waals surface area contributed by atoms with Crippen LogP contribution in [0.25, 0.3) is 22.9 Å². The summed E-state index contributed by atoms with van der Waals surface area (Å²) >= 11 is 3.61. The third-order valence-corrected chi connectivity index (χ3v) is 7.88. The molecule has 5 rings (SSSR count). The Hall–Kier alpha value is -3.80. The van der Waals surface area contributed by atoms with Gasteiger partial charge in [-0.15, -0.1) is 10.2 Å². The van der Waals surface area contributed by atoms with Crippen molar-refractivity contribution in [2.75, 3.05) is 31.1 Å². The van der Waals surface area contributed by atoms with E-state index in [1.807, 2.05) is 43.5 Å². The number of carbonyl (C=O) groups excluding carboxylic acids is 1. The summed E-state index contributed by atoms with van der Waals surface area (Å²) in [6.07, 6.45) is 6.25. The Labute approximate surface area is 253 Å². The van der Waals surface area contributed by atoms with Crippen molar-refractivity contribution in [3.05, 3.63) is 41.0 Å². The van der Waals surface area contributed by atoms with Gasteiger partial charge in [0.05, 0.1) is 29.6 Å². The minimum atomic E-state index is -0.829. The Kier molecular flexibility index (Phi) is 8.91. The number of amides is 1. The molecule has 2 aromatic heterocycles. The van der Waals surface area contributed by atoms with Gasteiger partial charge in [-0.25, -0.2) is 9.37 Å². The van der Waals surface area contributed by atoms with Crippen LogP contribution in [0.15, 0.2) is 45.4 Å². The molecule has 0 bridgehead atoms. The van der Waals surface area contributed by atoms with E-state index >= 15 is 0 Å². The van der Waals surface area contributed by atoms with Crippen LogP contribution in [-0.2, 0) is 9.53 Å². The summed E-state index contributed by atoms with van der Waals surface area (Å²) in [4.78, 5) is 30.3. The summed E-state index contributed by atoms with van der Waals surface area (Å²) in [7, 11) is 0. The van der Waals surface area contributed by atoms with Gasteiger partial charge in [0.15, 0.2) is 0 Å². The molecule has 1 atom stereocenters. The zero-order valence-corrected chi connectivity index (χ0v) is 25.6. The molecule has 222 valence electrons. The largest absolute Gasteiger partial charge is 0.481 e. The summed E-state index contributed by atoms with van der Waals surface area (Å²) in [6, 6.07) is 9.64. The molecule has 1 amide bonds. The number of carbonyl (C=O) groups is 2. The molecule has 2 aliphatic rings. The maximum Gasteiger partial charge on any atom is 0.407 e. The maximum absolute atomic E-state index is 12.1. The average Bonchev–Trinajstić information content (AvgIpc) is 3.46. The lowest BCUT2D eigenvalue weighted by Gasteiger charge is -2.34. The number of aromatic nitrogens is 3. The number of halogens is 1. The van der Waals surface area contributed by atoms with Crippen LogP contribution in [0, 0.1) is 11.8 Å². The van der Waals surface area contributed by atoms with E-state index < -0.39 is 17.5 Å². The van der Waals surface area contributed by atoms with Gasteiger partial charge < -0.3 is 24.5 Å². The highest BCUT2D eigenvalue weighted by Gasteiger charge is 2.27. The van der Waals surface area contributed by atoms with Crippen molar-refractivity contribution in [3.8, 4) is 22.9 Å². The van der Waals surface area contributed by atoms with Crippen molar-refractivity contribution in [3.63, 3.8) is 0 Å². The number of pyridine rings is 1. The third-order valence-electron chi connectivity index (χ3n) is 7.38. The number of hydrogen-bond donors (Lipinski definition) is 2. The van der Waals surface area contributed by atoms with Gasteiger partial charge in [0, 0.05) is 30.2 Å². The first-order chi connectivity index (χ1) is 20.1. The Balaban J connectivity index is 1.29. The van der Waals surface area contributed by atoms with E-state index in [1.165, 1.54) is 0 Å². The van der Waals surface area contributed by atoms with Crippen molar-refractivity contribution in [2.24, 2.45) is 11.8 Å². The summed E-state index contributed by atoms with van der Waals surface area (Å²) in [6.45, 7) is 8.49. The number of alkyl carbamates (subject to hydrolysis) is 1. The van der Waals surface area contributed by atoms with E-state index in [2.05, 4.69) is 47.4 Å². The van der Waals surface area contributed by atoms with Crippen LogP contribution < -0.4 is 10.2 Å². The number of nitrogens with one attached hydrogen (secondary N) is 1. The molecule has 11 nitrogen and oxygen atoms in total. The molecule has 12 heteroatoms. The standard InChI is InChI=1S/C30H35BrN6O5/c1-30(2,3)42-29(40)33-17-19-9-13-36(14-10-19)24-16-22(31)6-7-23(24)27-35-34-26(41-27)20-8-11-32-25(15-20)37-12-4-5-21(18-37)28(38)39/h6-8,11,15-16,18-19,21H,4-5,9-10,12-14,17H2,1-3H3,(H-,33,38,39,40)/p+1. The molecule has 1 unspecified atom stereocenters. The van der Waals surface area contributed by atoms with Gasteiger partial charge in [-0.1, -0.05) is 15.9 Å². The van der Waals surface area contributed by atoms with Crippen LogP contribution in [-0.4, -0.2) is 74.9 Å². The van der Waals surface area contributed by atoms with Crippen LogP contribution in [0.2, 0.25) is 0 Å². The number of rotatable bonds is 7. The van der Waals surface area contributed by atoms with Crippen LogP contribution >= 0.6 is 15.9 Å². The lowest BCUT2D eigenvalue weighted by Crippen LogP contribution is -2.40. The highest BCUT2D eigenvalue weighted by molar-refractivity contribution is 9.10. The van der Waals surface area contributed by atoms with Crippen molar-refractivity contribution in [2.45, 2.75) is 52.1 Å². The average molecular weight is 641 g/mol. The molecule has 0 saturated carbocycles. The molecule has 1 fully saturated rings. The van der Waals surface area contributed by atoms with Crippen molar-refractivity contribution < 1.29 is 28.4 Å². The van der Waals surface area contributed by atoms with Crippen LogP contribution in [0.3, 0.4) is 0 Å². The van der Waals surface area contributed by atoms with Gasteiger partial charge >= 0.3 is 17.9 Å². The molecule has 0 aliphatic carbocycles. The van der Waals surface area contributed by atoms with E-state index in [0.29, 0.717) is 48.6 Å². The van der Waals surface area contributed by atoms with Crippen LogP contribution in [0.4, 0.5) is 16.3 Å². The van der Waals surface area contributed by atoms with Crippen molar-refractivity contribution in [1.82, 2.24) is 20.5 Å². The number of ether oxygens (including phenoxy) is 1. The van der Waals surface area contributed by atoms with E-state index in [0.717, 1.165) is 48.1 Å². The molecule has 2 N–H and O–H groups in total. The minimum Gasteiger partial charge on any atom is -0.481 e. The zero-order chi connectivity index (χ0) is 29.9. The molecule has 42 heavy (non-hydrogen) atoms. The van der Waals surface area contributed by atoms with Gasteiger partial charge in [0.1, 0.15) is 17.7 Å². The minimum absolute atomic E-state index is 0.362. The number of anilines is 1. The molecule has 0 spiro atoms. The third kappa shape index (κ3) is 7.33. The first kappa shape index (κ1) is 29.7. The van der Waals surface area contributed by atoms with Crippen molar-refractivity contribution >= 4 is 45.7 Å². The van der Waals surface area contributed by atoms with E-state index in [4.69, 9.17) is 9.15 Å². The number of carboxylic acids is 1.